The van der Waals surface area contributed by atoms with Gasteiger partial charge in [0, 0.05) is 11.1 Å². The normalized spacial score (nSPS) is 11.9. The van der Waals surface area contributed by atoms with E-state index in [9.17, 15) is 14.9 Å². The Labute approximate surface area is 114 Å². The van der Waals surface area contributed by atoms with Crippen LogP contribution in [0.2, 0.25) is 5.02 Å². The van der Waals surface area contributed by atoms with E-state index in [1.807, 2.05) is 0 Å². The number of nitrogens with zero attached hydrogens (tertiary/aromatic N) is 1. The molecule has 0 spiro atoms. The molecule has 1 rings (SSSR count). The van der Waals surface area contributed by atoms with Crippen LogP contribution in [0, 0.1) is 10.1 Å². The van der Waals surface area contributed by atoms with Crippen molar-refractivity contribution in [2.45, 2.75) is 24.0 Å². The van der Waals surface area contributed by atoms with Crippen molar-refractivity contribution in [3.63, 3.8) is 0 Å². The van der Waals surface area contributed by atoms with Crippen molar-refractivity contribution in [3.05, 3.63) is 33.3 Å². The third-order valence-corrected chi connectivity index (χ3v) is 3.42. The molecule has 0 aromatic heterocycles. The van der Waals surface area contributed by atoms with Gasteiger partial charge >= 0.3 is 5.97 Å². The number of nitro benzene ring substituents is 1. The molecule has 1 atom stereocenters. The van der Waals surface area contributed by atoms with Crippen LogP contribution in [0.3, 0.4) is 0 Å². The van der Waals surface area contributed by atoms with E-state index >= 15 is 0 Å². The van der Waals surface area contributed by atoms with Gasteiger partial charge < -0.3 is 4.74 Å². The van der Waals surface area contributed by atoms with Crippen LogP contribution in [0.4, 0.5) is 5.69 Å². The maximum absolute atomic E-state index is 11.5. The Morgan fingerprint density at radius 1 is 1.61 bits per heavy atom. The van der Waals surface area contributed by atoms with Crippen LogP contribution in [0.25, 0.3) is 0 Å². The van der Waals surface area contributed by atoms with Gasteiger partial charge in [0.1, 0.15) is 5.25 Å². The molecule has 1 unspecified atom stereocenters. The summed E-state index contributed by atoms with van der Waals surface area (Å²) in [6.07, 6.45) is 0. The molecule has 1 aromatic carbocycles. The first kappa shape index (κ1) is 14.8. The van der Waals surface area contributed by atoms with E-state index in [4.69, 9.17) is 16.3 Å². The third-order valence-electron chi connectivity index (χ3n) is 2.04. The van der Waals surface area contributed by atoms with Crippen LogP contribution in [-0.2, 0) is 9.53 Å². The number of hydrogen-bond donors (Lipinski definition) is 0. The molecule has 98 valence electrons. The molecule has 0 saturated carbocycles. The van der Waals surface area contributed by atoms with Gasteiger partial charge in [-0.15, -0.1) is 11.8 Å². The van der Waals surface area contributed by atoms with E-state index in [0.717, 1.165) is 11.8 Å². The molecule has 0 heterocycles. The van der Waals surface area contributed by atoms with Gasteiger partial charge in [-0.1, -0.05) is 11.6 Å². The number of carbonyl (C=O) groups excluding carboxylic acids is 1. The number of nitro groups is 1. The van der Waals surface area contributed by atoms with E-state index in [1.54, 1.807) is 19.9 Å². The van der Waals surface area contributed by atoms with E-state index < -0.39 is 16.1 Å². The second kappa shape index (κ2) is 6.61. The Balaban J connectivity index is 2.90. The fourth-order valence-corrected chi connectivity index (χ4v) is 2.34. The molecule has 0 aliphatic carbocycles. The molecule has 0 amide bonds. The fourth-order valence-electron chi connectivity index (χ4n) is 1.23. The van der Waals surface area contributed by atoms with Gasteiger partial charge in [-0.2, -0.15) is 0 Å². The molecule has 0 radical (unpaired) electrons. The lowest BCUT2D eigenvalue weighted by atomic mass is 10.3. The SMILES string of the molecule is CCOC(=O)C(C)Sc1ccc(Cl)cc1[N+](=O)[O-]. The maximum Gasteiger partial charge on any atom is 0.319 e. The summed E-state index contributed by atoms with van der Waals surface area (Å²) in [7, 11) is 0. The summed E-state index contributed by atoms with van der Waals surface area (Å²) in [6.45, 7) is 3.63. The summed E-state index contributed by atoms with van der Waals surface area (Å²) >= 11 is 6.78. The van der Waals surface area contributed by atoms with Crippen molar-refractivity contribution in [2.24, 2.45) is 0 Å². The average Bonchev–Trinajstić information content (AvgIpc) is 2.31. The van der Waals surface area contributed by atoms with Gasteiger partial charge in [0.15, 0.2) is 0 Å². The first-order valence-corrected chi connectivity index (χ1v) is 6.48. The number of halogens is 1. The van der Waals surface area contributed by atoms with Crippen molar-refractivity contribution < 1.29 is 14.5 Å². The summed E-state index contributed by atoms with van der Waals surface area (Å²) in [5.41, 5.74) is -0.108. The second-order valence-electron chi connectivity index (χ2n) is 3.38. The Morgan fingerprint density at radius 2 is 2.28 bits per heavy atom. The topological polar surface area (TPSA) is 69.4 Å². The predicted molar refractivity (Wildman–Crippen MR) is 70.1 cm³/mol. The quantitative estimate of drug-likeness (QED) is 0.360. The molecule has 0 fully saturated rings. The Kier molecular flexibility index (Phi) is 5.43. The van der Waals surface area contributed by atoms with E-state index in [0.29, 0.717) is 4.90 Å². The van der Waals surface area contributed by atoms with Crippen LogP contribution in [0.5, 0.6) is 0 Å². The second-order valence-corrected chi connectivity index (χ2v) is 5.20. The van der Waals surface area contributed by atoms with Gasteiger partial charge in [0.2, 0.25) is 0 Å². The molecule has 0 aliphatic rings. The van der Waals surface area contributed by atoms with E-state index in [2.05, 4.69) is 0 Å². The first-order valence-electron chi connectivity index (χ1n) is 5.23. The summed E-state index contributed by atoms with van der Waals surface area (Å²) in [5.74, 6) is -0.397. The van der Waals surface area contributed by atoms with Gasteiger partial charge in [-0.3, -0.25) is 14.9 Å². The molecule has 7 heteroatoms. The van der Waals surface area contributed by atoms with Gasteiger partial charge in [-0.25, -0.2) is 0 Å². The van der Waals surface area contributed by atoms with Crippen molar-refractivity contribution in [1.29, 1.82) is 0 Å². The molecule has 1 aromatic rings. The molecular formula is C11H12ClNO4S. The molecule has 0 bridgehead atoms. The lowest BCUT2D eigenvalue weighted by Gasteiger charge is -2.10. The average molecular weight is 290 g/mol. The number of thioether (sulfide) groups is 1. The minimum Gasteiger partial charge on any atom is -0.465 e. The Hall–Kier alpha value is -1.27. The third kappa shape index (κ3) is 3.89. The number of ether oxygens (including phenoxy) is 1. The lowest BCUT2D eigenvalue weighted by Crippen LogP contribution is -2.16. The zero-order valence-corrected chi connectivity index (χ0v) is 11.5. The minimum atomic E-state index is -0.522. The number of benzene rings is 1. The van der Waals surface area contributed by atoms with E-state index in [-0.39, 0.29) is 17.3 Å². The molecule has 5 nitrogen and oxygen atoms in total. The first-order chi connectivity index (χ1) is 8.45. The number of rotatable bonds is 5. The van der Waals surface area contributed by atoms with Crippen LogP contribution in [-0.4, -0.2) is 22.7 Å². The highest BCUT2D eigenvalue weighted by molar-refractivity contribution is 8.00. The number of esters is 1. The summed E-state index contributed by atoms with van der Waals surface area (Å²) < 4.78 is 4.84. The van der Waals surface area contributed by atoms with Gasteiger partial charge in [0.25, 0.3) is 5.69 Å². The van der Waals surface area contributed by atoms with Crippen molar-refractivity contribution in [1.82, 2.24) is 0 Å². The van der Waals surface area contributed by atoms with Crippen LogP contribution < -0.4 is 0 Å². The molecule has 0 N–H and O–H groups in total. The van der Waals surface area contributed by atoms with Crippen LogP contribution >= 0.6 is 23.4 Å². The largest absolute Gasteiger partial charge is 0.465 e. The maximum atomic E-state index is 11.5. The Morgan fingerprint density at radius 3 is 2.83 bits per heavy atom. The standard InChI is InChI=1S/C11H12ClNO4S/c1-3-17-11(14)7(2)18-10-5-4-8(12)6-9(10)13(15)16/h4-7H,3H2,1-2H3. The van der Waals surface area contributed by atoms with Crippen LogP contribution in [0.15, 0.2) is 23.1 Å². The summed E-state index contributed by atoms with van der Waals surface area (Å²) in [5, 5.41) is 10.6. The molecule has 0 aliphatic heterocycles. The monoisotopic (exact) mass is 289 g/mol. The lowest BCUT2D eigenvalue weighted by molar-refractivity contribution is -0.387. The smallest absolute Gasteiger partial charge is 0.319 e. The highest BCUT2D eigenvalue weighted by Crippen LogP contribution is 2.34. The van der Waals surface area contributed by atoms with Crippen molar-refractivity contribution >= 4 is 35.0 Å². The Bertz CT molecular complexity index is 466. The van der Waals surface area contributed by atoms with E-state index in [1.165, 1.54) is 12.1 Å². The van der Waals surface area contributed by atoms with Crippen LogP contribution in [0.1, 0.15) is 13.8 Å². The zero-order chi connectivity index (χ0) is 13.7. The van der Waals surface area contributed by atoms with Gasteiger partial charge in [0.05, 0.1) is 16.4 Å². The summed E-state index contributed by atoms with van der Waals surface area (Å²) in [4.78, 5) is 22.2. The summed E-state index contributed by atoms with van der Waals surface area (Å²) in [6, 6.07) is 4.34. The molecule has 0 saturated heterocycles. The minimum absolute atomic E-state index is 0.108. The number of hydrogen-bond acceptors (Lipinski definition) is 5. The number of carbonyl (C=O) groups is 1. The fraction of sp³-hybridized carbons (Fsp3) is 0.364. The zero-order valence-electron chi connectivity index (χ0n) is 9.88. The highest BCUT2D eigenvalue weighted by Gasteiger charge is 2.21. The molecular weight excluding hydrogens is 278 g/mol. The predicted octanol–water partition coefficient (Wildman–Crippen LogP) is 3.29. The van der Waals surface area contributed by atoms with Crippen molar-refractivity contribution in [3.8, 4) is 0 Å². The highest BCUT2D eigenvalue weighted by atomic mass is 35.5. The van der Waals surface area contributed by atoms with Crippen molar-refractivity contribution in [2.75, 3.05) is 6.61 Å². The molecule has 18 heavy (non-hydrogen) atoms. The van der Waals surface area contributed by atoms with Gasteiger partial charge in [-0.05, 0) is 26.0 Å².